The van der Waals surface area contributed by atoms with Gasteiger partial charge in [-0.15, -0.1) is 0 Å². The normalized spacial score (nSPS) is 12.7. The van der Waals surface area contributed by atoms with E-state index in [0.717, 1.165) is 0 Å². The Hall–Kier alpha value is -0.130. The van der Waals surface area contributed by atoms with Crippen LogP contribution >= 0.6 is 0 Å². The first-order valence-corrected chi connectivity index (χ1v) is 6.56. The Morgan fingerprint density at radius 2 is 1.93 bits per heavy atom. The minimum atomic E-state index is -3.05. The molecule has 0 saturated carbocycles. The van der Waals surface area contributed by atoms with Crippen LogP contribution in [-0.4, -0.2) is 44.8 Å². The Balaban J connectivity index is 3.89. The maximum absolute atomic E-state index is 11.5. The van der Waals surface area contributed by atoms with Gasteiger partial charge < -0.3 is 4.74 Å². The largest absolute Gasteiger partial charge is 0.377 e. The van der Waals surface area contributed by atoms with Gasteiger partial charge in [-0.2, -0.15) is 0 Å². The second-order valence-electron chi connectivity index (χ2n) is 3.56. The zero-order chi connectivity index (χ0) is 11.2. The van der Waals surface area contributed by atoms with Crippen LogP contribution < -0.4 is 0 Å². The molecular weight excluding hydrogens is 202 g/mol. The van der Waals surface area contributed by atoms with Crippen molar-refractivity contribution >= 4 is 10.0 Å². The van der Waals surface area contributed by atoms with E-state index in [1.165, 1.54) is 4.31 Å². The van der Waals surface area contributed by atoms with E-state index in [-0.39, 0.29) is 11.9 Å². The van der Waals surface area contributed by atoms with Gasteiger partial charge in [0.1, 0.15) is 0 Å². The molecule has 0 aromatic heterocycles. The zero-order valence-corrected chi connectivity index (χ0v) is 10.3. The highest BCUT2D eigenvalue weighted by Gasteiger charge is 2.15. The lowest BCUT2D eigenvalue weighted by atomic mass is 10.5. The average molecular weight is 223 g/mol. The molecule has 0 aromatic rings. The van der Waals surface area contributed by atoms with E-state index >= 15 is 0 Å². The van der Waals surface area contributed by atoms with Crippen molar-refractivity contribution in [2.45, 2.75) is 33.3 Å². The third-order valence-corrected chi connectivity index (χ3v) is 3.85. The maximum atomic E-state index is 11.5. The molecular formula is C9H21NO3S. The second kappa shape index (κ2) is 6.37. The predicted molar refractivity (Wildman–Crippen MR) is 57.8 cm³/mol. The molecule has 0 aliphatic heterocycles. The molecule has 0 rings (SSSR count). The van der Waals surface area contributed by atoms with E-state index in [1.807, 2.05) is 20.8 Å². The van der Waals surface area contributed by atoms with Gasteiger partial charge in [-0.3, -0.25) is 0 Å². The van der Waals surface area contributed by atoms with Crippen molar-refractivity contribution in [3.05, 3.63) is 0 Å². The summed E-state index contributed by atoms with van der Waals surface area (Å²) in [6, 6.07) is 0. The number of hydrogen-bond acceptors (Lipinski definition) is 3. The lowest BCUT2D eigenvalue weighted by Crippen LogP contribution is -2.32. The summed E-state index contributed by atoms with van der Waals surface area (Å²) in [5, 5.41) is 0. The first-order chi connectivity index (χ1) is 6.40. The molecule has 5 heteroatoms. The number of rotatable bonds is 7. The van der Waals surface area contributed by atoms with E-state index in [2.05, 4.69) is 0 Å². The molecule has 0 heterocycles. The Bertz CT molecular complexity index is 236. The highest BCUT2D eigenvalue weighted by atomic mass is 32.2. The van der Waals surface area contributed by atoms with Gasteiger partial charge in [-0.25, -0.2) is 12.7 Å². The van der Waals surface area contributed by atoms with Gasteiger partial charge in [-0.05, 0) is 20.3 Å². The van der Waals surface area contributed by atoms with Crippen molar-refractivity contribution in [1.82, 2.24) is 4.31 Å². The van der Waals surface area contributed by atoms with E-state index in [4.69, 9.17) is 4.74 Å². The molecule has 0 saturated heterocycles. The van der Waals surface area contributed by atoms with E-state index < -0.39 is 10.0 Å². The van der Waals surface area contributed by atoms with Crippen molar-refractivity contribution in [3.63, 3.8) is 0 Å². The number of nitrogens with zero attached hydrogens (tertiary/aromatic N) is 1. The lowest BCUT2D eigenvalue weighted by molar-refractivity contribution is 0.0737. The first kappa shape index (κ1) is 13.9. The third kappa shape index (κ3) is 5.57. The fourth-order valence-electron chi connectivity index (χ4n) is 0.970. The molecule has 0 aliphatic rings. The summed E-state index contributed by atoms with van der Waals surface area (Å²) < 4.78 is 29.6. The zero-order valence-electron chi connectivity index (χ0n) is 9.49. The SMILES string of the molecule is CCCS(=O)(=O)N(C)CCOC(C)C. The summed E-state index contributed by atoms with van der Waals surface area (Å²) in [5.74, 6) is 0.213. The summed E-state index contributed by atoms with van der Waals surface area (Å²) >= 11 is 0. The summed E-state index contributed by atoms with van der Waals surface area (Å²) in [4.78, 5) is 0. The molecule has 14 heavy (non-hydrogen) atoms. The number of ether oxygens (including phenoxy) is 1. The predicted octanol–water partition coefficient (Wildman–Crippen LogP) is 1.08. The van der Waals surface area contributed by atoms with E-state index in [0.29, 0.717) is 19.6 Å². The fourth-order valence-corrected chi connectivity index (χ4v) is 2.15. The summed E-state index contributed by atoms with van der Waals surface area (Å²) in [6.07, 6.45) is 0.801. The molecule has 0 amide bonds. The third-order valence-electron chi connectivity index (χ3n) is 1.79. The van der Waals surface area contributed by atoms with Crippen molar-refractivity contribution in [2.75, 3.05) is 26.0 Å². The van der Waals surface area contributed by atoms with Gasteiger partial charge >= 0.3 is 0 Å². The summed E-state index contributed by atoms with van der Waals surface area (Å²) in [5.41, 5.74) is 0. The van der Waals surface area contributed by atoms with Crippen LogP contribution in [-0.2, 0) is 14.8 Å². The monoisotopic (exact) mass is 223 g/mol. The van der Waals surface area contributed by atoms with Crippen molar-refractivity contribution < 1.29 is 13.2 Å². The Morgan fingerprint density at radius 3 is 2.36 bits per heavy atom. The number of hydrogen-bond donors (Lipinski definition) is 0. The molecule has 0 aliphatic carbocycles. The highest BCUT2D eigenvalue weighted by Crippen LogP contribution is 2.00. The Morgan fingerprint density at radius 1 is 1.36 bits per heavy atom. The first-order valence-electron chi connectivity index (χ1n) is 4.95. The van der Waals surface area contributed by atoms with Crippen molar-refractivity contribution in [1.29, 1.82) is 0 Å². The standard InChI is InChI=1S/C9H21NO3S/c1-5-8-14(11,12)10(4)6-7-13-9(2)3/h9H,5-8H2,1-4H3. The van der Waals surface area contributed by atoms with Crippen LogP contribution in [0.25, 0.3) is 0 Å². The van der Waals surface area contributed by atoms with Crippen LogP contribution in [0.3, 0.4) is 0 Å². The van der Waals surface area contributed by atoms with Crippen LogP contribution in [0, 0.1) is 0 Å². The molecule has 0 aromatic carbocycles. The fraction of sp³-hybridized carbons (Fsp3) is 1.00. The number of likely N-dealkylation sites (N-methyl/N-ethyl adjacent to an activating group) is 1. The number of sulfonamides is 1. The highest BCUT2D eigenvalue weighted by molar-refractivity contribution is 7.89. The lowest BCUT2D eigenvalue weighted by Gasteiger charge is -2.17. The van der Waals surface area contributed by atoms with Crippen LogP contribution in [0.4, 0.5) is 0 Å². The average Bonchev–Trinajstić information content (AvgIpc) is 2.03. The Labute approximate surface area is 87.3 Å². The minimum Gasteiger partial charge on any atom is -0.377 e. The molecule has 0 atom stereocenters. The van der Waals surface area contributed by atoms with E-state index in [9.17, 15) is 8.42 Å². The molecule has 0 N–H and O–H groups in total. The topological polar surface area (TPSA) is 46.6 Å². The van der Waals surface area contributed by atoms with Crippen LogP contribution in [0.2, 0.25) is 0 Å². The van der Waals surface area contributed by atoms with Crippen LogP contribution in [0.1, 0.15) is 27.2 Å². The molecule has 4 nitrogen and oxygen atoms in total. The van der Waals surface area contributed by atoms with Crippen LogP contribution in [0.15, 0.2) is 0 Å². The molecule has 86 valence electrons. The Kier molecular flexibility index (Phi) is 6.31. The van der Waals surface area contributed by atoms with Crippen LogP contribution in [0.5, 0.6) is 0 Å². The van der Waals surface area contributed by atoms with Gasteiger partial charge in [0, 0.05) is 13.6 Å². The molecule has 0 spiro atoms. The van der Waals surface area contributed by atoms with E-state index in [1.54, 1.807) is 7.05 Å². The van der Waals surface area contributed by atoms with Gasteiger partial charge in [0.15, 0.2) is 0 Å². The molecule has 0 bridgehead atoms. The molecule has 0 fully saturated rings. The second-order valence-corrected chi connectivity index (χ2v) is 5.75. The summed E-state index contributed by atoms with van der Waals surface area (Å²) in [7, 11) is -1.46. The molecule has 0 unspecified atom stereocenters. The quantitative estimate of drug-likeness (QED) is 0.649. The summed E-state index contributed by atoms with van der Waals surface area (Å²) in [6.45, 7) is 6.61. The minimum absolute atomic E-state index is 0.150. The van der Waals surface area contributed by atoms with Gasteiger partial charge in [0.25, 0.3) is 0 Å². The van der Waals surface area contributed by atoms with Gasteiger partial charge in [0.05, 0.1) is 18.5 Å². The van der Waals surface area contributed by atoms with Gasteiger partial charge in [0.2, 0.25) is 10.0 Å². The molecule has 0 radical (unpaired) electrons. The van der Waals surface area contributed by atoms with Crippen molar-refractivity contribution in [2.24, 2.45) is 0 Å². The van der Waals surface area contributed by atoms with Crippen molar-refractivity contribution in [3.8, 4) is 0 Å². The van der Waals surface area contributed by atoms with Gasteiger partial charge in [-0.1, -0.05) is 6.92 Å². The maximum Gasteiger partial charge on any atom is 0.213 e. The smallest absolute Gasteiger partial charge is 0.213 e.